The van der Waals surface area contributed by atoms with Gasteiger partial charge < -0.3 is 21.7 Å². The van der Waals surface area contributed by atoms with Crippen molar-refractivity contribution in [2.24, 2.45) is 16.5 Å². The number of hydrogen-bond acceptors (Lipinski definition) is 4. The summed E-state index contributed by atoms with van der Waals surface area (Å²) >= 11 is 0. The molecule has 0 aromatic carbocycles. The zero-order valence-corrected chi connectivity index (χ0v) is 8.06. The van der Waals surface area contributed by atoms with Gasteiger partial charge >= 0.3 is 5.97 Å². The molecule has 0 amide bonds. The van der Waals surface area contributed by atoms with Crippen molar-refractivity contribution >= 4 is 11.9 Å². The molecule has 0 aromatic rings. The van der Waals surface area contributed by atoms with E-state index in [4.69, 9.17) is 16.6 Å². The van der Waals surface area contributed by atoms with E-state index in [-0.39, 0.29) is 25.3 Å². The third kappa shape index (κ3) is 6.63. The van der Waals surface area contributed by atoms with Crippen LogP contribution in [0.2, 0.25) is 0 Å². The van der Waals surface area contributed by atoms with Crippen molar-refractivity contribution in [2.75, 3.05) is 6.54 Å². The Kier molecular flexibility index (Phi) is 6.30. The first-order valence-corrected chi connectivity index (χ1v) is 4.29. The number of carboxylic acids is 1. The second kappa shape index (κ2) is 6.96. The van der Waals surface area contributed by atoms with Crippen molar-refractivity contribution in [1.29, 1.82) is 0 Å². The van der Waals surface area contributed by atoms with Gasteiger partial charge in [0.15, 0.2) is 5.96 Å². The zero-order valence-electron chi connectivity index (χ0n) is 8.06. The van der Waals surface area contributed by atoms with Crippen LogP contribution in [0.25, 0.3) is 0 Å². The van der Waals surface area contributed by atoms with Crippen molar-refractivity contribution in [3.8, 4) is 0 Å². The zero-order chi connectivity index (χ0) is 11.8. The van der Waals surface area contributed by atoms with Gasteiger partial charge in [0, 0.05) is 13.0 Å². The molecule has 0 aliphatic heterocycles. The second-order valence-corrected chi connectivity index (χ2v) is 2.98. The van der Waals surface area contributed by atoms with Gasteiger partial charge in [-0.05, 0) is 6.42 Å². The Hall–Kier alpha value is -1.41. The summed E-state index contributed by atoms with van der Waals surface area (Å²) in [4.78, 5) is 14.0. The molecule has 0 saturated heterocycles. The number of aliphatic imine (C=N–C) groups is 1. The summed E-state index contributed by atoms with van der Waals surface area (Å²) < 4.78 is 11.9. The molecule has 0 radical (unpaired) electrons. The van der Waals surface area contributed by atoms with Crippen molar-refractivity contribution in [1.82, 2.24) is 5.54 Å². The van der Waals surface area contributed by atoms with Crippen LogP contribution in [0.5, 0.6) is 0 Å². The fourth-order valence-corrected chi connectivity index (χ4v) is 0.925. The van der Waals surface area contributed by atoms with E-state index in [9.17, 15) is 14.4 Å². The number of carboxylic acid groups (broad SMARTS) is 1. The molecule has 8 heteroatoms. The third-order valence-electron chi connectivity index (χ3n) is 1.69. The van der Waals surface area contributed by atoms with E-state index in [1.807, 2.05) is 0 Å². The van der Waals surface area contributed by atoms with Crippen LogP contribution in [0.15, 0.2) is 4.99 Å². The average molecular weight is 222 g/mol. The highest BCUT2D eigenvalue weighted by Crippen LogP contribution is 2.03. The molecule has 0 aromatic heterocycles. The quantitative estimate of drug-likeness (QED) is 0.198. The minimum absolute atomic E-state index is 0.111. The fraction of sp³-hybridized carbons (Fsp3) is 0.714. The van der Waals surface area contributed by atoms with Crippen LogP contribution in [-0.4, -0.2) is 40.8 Å². The number of nitrogens with one attached hydrogen (secondary N) is 1. The lowest BCUT2D eigenvalue weighted by Gasteiger charge is -2.13. The Bertz CT molecular complexity index is 232. The molecule has 15 heavy (non-hydrogen) atoms. The van der Waals surface area contributed by atoms with Gasteiger partial charge in [-0.3, -0.25) is 9.79 Å². The number of halogens is 1. The summed E-state index contributed by atoms with van der Waals surface area (Å²) in [6.45, 7) is 0.169. The van der Waals surface area contributed by atoms with Gasteiger partial charge in [-0.2, -0.15) is 0 Å². The first-order valence-electron chi connectivity index (χ1n) is 4.29. The Morgan fingerprint density at radius 3 is 2.53 bits per heavy atom. The standard InChI is InChI=1S/C7H15FN4O3/c8-12-5(6(14)15)3-4(13)1-2-11-7(9)10/h4-5,12-13H,1-3H2,(H,14,15)(H4,9,10,11)/t4?,5-/m0/s1. The van der Waals surface area contributed by atoms with E-state index in [1.54, 1.807) is 0 Å². The first-order chi connectivity index (χ1) is 6.97. The molecule has 0 saturated carbocycles. The minimum Gasteiger partial charge on any atom is -0.480 e. The van der Waals surface area contributed by atoms with E-state index in [0.717, 1.165) is 5.54 Å². The number of hydrogen-bond donors (Lipinski definition) is 5. The van der Waals surface area contributed by atoms with Gasteiger partial charge in [-0.1, -0.05) is 0 Å². The highest BCUT2D eigenvalue weighted by molar-refractivity contribution is 5.75. The van der Waals surface area contributed by atoms with Crippen molar-refractivity contribution in [2.45, 2.75) is 25.0 Å². The summed E-state index contributed by atoms with van der Waals surface area (Å²) in [5.74, 6) is -1.47. The van der Waals surface area contributed by atoms with E-state index >= 15 is 0 Å². The molecule has 88 valence electrons. The second-order valence-electron chi connectivity index (χ2n) is 2.98. The van der Waals surface area contributed by atoms with Gasteiger partial charge in [0.05, 0.1) is 6.10 Å². The Morgan fingerprint density at radius 1 is 1.53 bits per heavy atom. The van der Waals surface area contributed by atoms with Crippen molar-refractivity contribution < 1.29 is 19.5 Å². The molecular weight excluding hydrogens is 207 g/mol. The normalized spacial score (nSPS) is 14.3. The number of guanidine groups is 1. The lowest BCUT2D eigenvalue weighted by atomic mass is 10.1. The lowest BCUT2D eigenvalue weighted by molar-refractivity contribution is -0.141. The monoisotopic (exact) mass is 222 g/mol. The maximum absolute atomic E-state index is 11.9. The Balaban J connectivity index is 3.86. The number of aliphatic hydroxyl groups is 1. The van der Waals surface area contributed by atoms with Gasteiger partial charge in [-0.15, -0.1) is 10.0 Å². The molecule has 0 heterocycles. The first kappa shape index (κ1) is 13.6. The summed E-state index contributed by atoms with van der Waals surface area (Å²) in [7, 11) is 0. The summed E-state index contributed by atoms with van der Waals surface area (Å²) in [5, 5.41) is 17.7. The Morgan fingerprint density at radius 2 is 2.13 bits per heavy atom. The molecule has 2 atom stereocenters. The van der Waals surface area contributed by atoms with Crippen LogP contribution >= 0.6 is 0 Å². The molecule has 0 bridgehead atoms. The largest absolute Gasteiger partial charge is 0.480 e. The van der Waals surface area contributed by atoms with Crippen LogP contribution in [0, 0.1) is 0 Å². The van der Waals surface area contributed by atoms with Gasteiger partial charge in [0.25, 0.3) is 0 Å². The summed E-state index contributed by atoms with van der Waals surface area (Å²) in [6.07, 6.45) is -1.05. The van der Waals surface area contributed by atoms with Crippen LogP contribution in [0.4, 0.5) is 4.48 Å². The highest BCUT2D eigenvalue weighted by atomic mass is 19.2. The number of aliphatic carboxylic acids is 1. The molecule has 0 spiro atoms. The molecule has 0 aliphatic rings. The number of nitrogens with zero attached hydrogens (tertiary/aromatic N) is 1. The predicted octanol–water partition coefficient (Wildman–Crippen LogP) is -1.67. The smallest absolute Gasteiger partial charge is 0.323 e. The van der Waals surface area contributed by atoms with Crippen LogP contribution in [0.1, 0.15) is 12.8 Å². The maximum atomic E-state index is 11.9. The third-order valence-corrected chi connectivity index (χ3v) is 1.69. The molecule has 1 unspecified atom stereocenters. The Labute approximate surface area is 85.9 Å². The average Bonchev–Trinajstić information content (AvgIpc) is 2.13. The number of nitrogens with two attached hydrogens (primary N) is 2. The molecule has 7 nitrogen and oxygen atoms in total. The summed E-state index contributed by atoms with van der Waals surface area (Å²) in [6, 6.07) is -1.42. The number of rotatable bonds is 7. The molecule has 0 rings (SSSR count). The lowest BCUT2D eigenvalue weighted by Crippen LogP contribution is -2.35. The minimum atomic E-state index is -1.42. The molecule has 0 aliphatic carbocycles. The van der Waals surface area contributed by atoms with E-state index in [1.165, 1.54) is 0 Å². The molecule has 7 N–H and O–H groups in total. The van der Waals surface area contributed by atoms with E-state index < -0.39 is 18.1 Å². The molecular formula is C7H15FN4O3. The van der Waals surface area contributed by atoms with Gasteiger partial charge in [0.1, 0.15) is 6.04 Å². The molecule has 0 fully saturated rings. The summed E-state index contributed by atoms with van der Waals surface area (Å²) in [5.41, 5.74) is 11.2. The highest BCUT2D eigenvalue weighted by Gasteiger charge is 2.20. The van der Waals surface area contributed by atoms with Crippen molar-refractivity contribution in [3.05, 3.63) is 0 Å². The van der Waals surface area contributed by atoms with Gasteiger partial charge in [-0.25, -0.2) is 0 Å². The van der Waals surface area contributed by atoms with Crippen molar-refractivity contribution in [3.63, 3.8) is 0 Å². The van der Waals surface area contributed by atoms with E-state index in [2.05, 4.69) is 4.99 Å². The predicted molar refractivity (Wildman–Crippen MR) is 51.6 cm³/mol. The van der Waals surface area contributed by atoms with Crippen LogP contribution < -0.4 is 17.0 Å². The number of aliphatic hydroxyl groups excluding tert-OH is 1. The van der Waals surface area contributed by atoms with E-state index in [0.29, 0.717) is 0 Å². The van der Waals surface area contributed by atoms with Crippen LogP contribution in [0.3, 0.4) is 0 Å². The SMILES string of the molecule is NC(N)=NCCC(O)C[C@H](NF)C(=O)O. The van der Waals surface area contributed by atoms with Crippen LogP contribution in [-0.2, 0) is 4.79 Å². The maximum Gasteiger partial charge on any atom is 0.323 e. The van der Waals surface area contributed by atoms with Gasteiger partial charge in [0.2, 0.25) is 0 Å². The number of carbonyl (C=O) groups is 1. The fourth-order valence-electron chi connectivity index (χ4n) is 0.925. The topological polar surface area (TPSA) is 134 Å².